The van der Waals surface area contributed by atoms with Crippen molar-refractivity contribution in [2.24, 2.45) is 28.6 Å². The molecule has 1 saturated heterocycles. The summed E-state index contributed by atoms with van der Waals surface area (Å²) >= 11 is 0. The predicted octanol–water partition coefficient (Wildman–Crippen LogP) is 4.16. The Balaban J connectivity index is 1.51. The lowest BCUT2D eigenvalue weighted by atomic mass is 9.46. The van der Waals surface area contributed by atoms with Gasteiger partial charge in [0.25, 0.3) is 0 Å². The fourth-order valence-electron chi connectivity index (χ4n) is 7.40. The smallest absolute Gasteiger partial charge is 0.172 e. The van der Waals surface area contributed by atoms with Gasteiger partial charge in [-0.1, -0.05) is 18.6 Å². The summed E-state index contributed by atoms with van der Waals surface area (Å²) in [5, 5.41) is 9.69. The molecule has 26 heavy (non-hydrogen) atoms. The fraction of sp³-hybridized carbons (Fsp3) is 0.818. The van der Waals surface area contributed by atoms with E-state index in [0.29, 0.717) is 43.2 Å². The van der Waals surface area contributed by atoms with Crippen molar-refractivity contribution >= 4 is 5.78 Å². The maximum absolute atomic E-state index is 12.6. The van der Waals surface area contributed by atoms with E-state index in [4.69, 9.17) is 9.47 Å². The Morgan fingerprint density at radius 2 is 2.00 bits per heavy atom. The van der Waals surface area contributed by atoms with Crippen LogP contribution in [0.2, 0.25) is 0 Å². The molecule has 5 atom stereocenters. The Morgan fingerprint density at radius 3 is 2.77 bits per heavy atom. The highest BCUT2D eigenvalue weighted by Crippen LogP contribution is 2.66. The average molecular weight is 355 g/mol. The molecule has 140 valence electrons. The zero-order valence-corrected chi connectivity index (χ0v) is 15.8. The third-order valence-electron chi connectivity index (χ3n) is 8.75. The number of nitrogens with zero attached hydrogens (tertiary/aromatic N) is 1. The number of Topliss-reactive ketones (excluding diaryl/α,β-unsaturated/α-hetero) is 1. The molecule has 4 aliphatic carbocycles. The maximum atomic E-state index is 12.6. The third kappa shape index (κ3) is 2.11. The molecular formula is C22H29NO3. The largest absolute Gasteiger partial charge is 0.347 e. The van der Waals surface area contributed by atoms with E-state index < -0.39 is 5.79 Å². The molecule has 1 heterocycles. The molecular weight excluding hydrogens is 326 g/mol. The van der Waals surface area contributed by atoms with Crippen LogP contribution in [0.4, 0.5) is 0 Å². The molecule has 3 saturated carbocycles. The van der Waals surface area contributed by atoms with Crippen LogP contribution in [0, 0.1) is 39.9 Å². The van der Waals surface area contributed by atoms with Crippen molar-refractivity contribution in [3.8, 4) is 6.07 Å². The molecule has 0 aromatic rings. The monoisotopic (exact) mass is 355 g/mol. The topological polar surface area (TPSA) is 59.3 Å². The second kappa shape index (κ2) is 5.66. The number of fused-ring (bicyclic) bond motifs is 5. The van der Waals surface area contributed by atoms with Gasteiger partial charge in [0, 0.05) is 36.5 Å². The lowest BCUT2D eigenvalue weighted by Crippen LogP contribution is -2.53. The molecule has 5 rings (SSSR count). The van der Waals surface area contributed by atoms with Gasteiger partial charge in [-0.2, -0.15) is 5.26 Å². The van der Waals surface area contributed by atoms with E-state index in [2.05, 4.69) is 19.1 Å². The number of carbonyl (C=O) groups is 1. The highest BCUT2D eigenvalue weighted by Gasteiger charge is 2.61. The van der Waals surface area contributed by atoms with Gasteiger partial charge in [-0.05, 0) is 49.9 Å². The average Bonchev–Trinajstić information content (AvgIpc) is 3.21. The first-order valence-electron chi connectivity index (χ1n) is 10.4. The Morgan fingerprint density at radius 1 is 1.19 bits per heavy atom. The quantitative estimate of drug-likeness (QED) is 0.663. The Hall–Kier alpha value is -1.18. The van der Waals surface area contributed by atoms with Gasteiger partial charge < -0.3 is 9.47 Å². The summed E-state index contributed by atoms with van der Waals surface area (Å²) in [6, 6.07) is 2.53. The van der Waals surface area contributed by atoms with Crippen molar-refractivity contribution < 1.29 is 14.3 Å². The summed E-state index contributed by atoms with van der Waals surface area (Å²) in [6.07, 6.45) is 10.7. The van der Waals surface area contributed by atoms with E-state index in [9.17, 15) is 10.1 Å². The predicted molar refractivity (Wildman–Crippen MR) is 95.9 cm³/mol. The summed E-state index contributed by atoms with van der Waals surface area (Å²) in [5.74, 6) is 1.68. The number of rotatable bonds is 1. The van der Waals surface area contributed by atoms with Gasteiger partial charge in [0.05, 0.1) is 19.3 Å². The number of carbonyl (C=O) groups excluding carboxylic acids is 1. The standard InChI is InChI=1S/C22H29NO3/c1-20-7-6-18-16(17(20)4-5-19(20)24)3-2-15-14-22(25-12-13-26-22)9-8-21(15,18)10-11-23/h2,16-18H,3-10,12-14H2,1H3/t16-,17-,18-,20-,21+/m0/s1. The summed E-state index contributed by atoms with van der Waals surface area (Å²) in [5.41, 5.74) is 1.31. The second-order valence-electron chi connectivity index (χ2n) is 9.54. The van der Waals surface area contributed by atoms with Gasteiger partial charge in [-0.25, -0.2) is 0 Å². The first-order valence-corrected chi connectivity index (χ1v) is 10.4. The fourth-order valence-corrected chi connectivity index (χ4v) is 7.40. The minimum absolute atomic E-state index is 0.00874. The van der Waals surface area contributed by atoms with E-state index >= 15 is 0 Å². The number of allylic oxidation sites excluding steroid dienone is 1. The van der Waals surface area contributed by atoms with Crippen molar-refractivity contribution in [1.29, 1.82) is 5.26 Å². The van der Waals surface area contributed by atoms with Crippen LogP contribution < -0.4 is 0 Å². The van der Waals surface area contributed by atoms with Gasteiger partial charge in [-0.3, -0.25) is 4.79 Å². The van der Waals surface area contributed by atoms with Crippen molar-refractivity contribution in [3.05, 3.63) is 11.6 Å². The van der Waals surface area contributed by atoms with Crippen molar-refractivity contribution in [3.63, 3.8) is 0 Å². The Bertz CT molecular complexity index is 701. The van der Waals surface area contributed by atoms with Gasteiger partial charge in [0.2, 0.25) is 0 Å². The van der Waals surface area contributed by atoms with Crippen LogP contribution in [0.25, 0.3) is 0 Å². The highest BCUT2D eigenvalue weighted by molar-refractivity contribution is 5.87. The van der Waals surface area contributed by atoms with Crippen LogP contribution in [0.1, 0.15) is 64.7 Å². The normalized spacial score (nSPS) is 46.2. The molecule has 1 aliphatic heterocycles. The Kier molecular flexibility index (Phi) is 3.69. The van der Waals surface area contributed by atoms with Gasteiger partial charge >= 0.3 is 0 Å². The lowest BCUT2D eigenvalue weighted by Gasteiger charge is -2.58. The zero-order chi connectivity index (χ0) is 18.0. The van der Waals surface area contributed by atoms with Gasteiger partial charge in [0.1, 0.15) is 5.78 Å². The molecule has 0 unspecified atom stereocenters. The van der Waals surface area contributed by atoms with Crippen LogP contribution in [0.15, 0.2) is 11.6 Å². The van der Waals surface area contributed by atoms with Gasteiger partial charge in [0.15, 0.2) is 5.79 Å². The molecule has 0 N–H and O–H groups in total. The summed E-state index contributed by atoms with van der Waals surface area (Å²) < 4.78 is 12.0. The van der Waals surface area contributed by atoms with E-state index in [1.54, 1.807) is 0 Å². The van der Waals surface area contributed by atoms with E-state index in [-0.39, 0.29) is 10.8 Å². The van der Waals surface area contributed by atoms with E-state index in [1.807, 2.05) is 0 Å². The highest BCUT2D eigenvalue weighted by atomic mass is 16.7. The SMILES string of the molecule is C[C@]12CC[C@H]3[C@@H](CC=C4CC5(CC[C@@]43CC#N)OCCO5)[C@@H]1CCC2=O. The van der Waals surface area contributed by atoms with Crippen molar-refractivity contribution in [2.45, 2.75) is 70.5 Å². The van der Waals surface area contributed by atoms with E-state index in [0.717, 1.165) is 51.4 Å². The summed E-state index contributed by atoms with van der Waals surface area (Å²) in [6.45, 7) is 3.59. The number of ketones is 1. The molecule has 0 aromatic carbocycles. The molecule has 4 fully saturated rings. The molecule has 0 radical (unpaired) electrons. The second-order valence-corrected chi connectivity index (χ2v) is 9.54. The van der Waals surface area contributed by atoms with E-state index in [1.165, 1.54) is 5.57 Å². The van der Waals surface area contributed by atoms with Crippen LogP contribution >= 0.6 is 0 Å². The van der Waals surface area contributed by atoms with Crippen LogP contribution in [0.5, 0.6) is 0 Å². The van der Waals surface area contributed by atoms with Crippen molar-refractivity contribution in [1.82, 2.24) is 0 Å². The number of ether oxygens (including phenoxy) is 2. The van der Waals surface area contributed by atoms with Crippen molar-refractivity contribution in [2.75, 3.05) is 13.2 Å². The maximum Gasteiger partial charge on any atom is 0.172 e. The molecule has 0 aromatic heterocycles. The first kappa shape index (κ1) is 17.0. The van der Waals surface area contributed by atoms with Crippen LogP contribution in [0.3, 0.4) is 0 Å². The molecule has 4 heteroatoms. The number of nitriles is 1. The molecule has 0 bridgehead atoms. The minimum atomic E-state index is -0.426. The number of hydrogen-bond donors (Lipinski definition) is 0. The molecule has 4 nitrogen and oxygen atoms in total. The van der Waals surface area contributed by atoms with Crippen LogP contribution in [-0.4, -0.2) is 24.8 Å². The third-order valence-corrected chi connectivity index (χ3v) is 8.75. The van der Waals surface area contributed by atoms with Crippen LogP contribution in [-0.2, 0) is 14.3 Å². The Labute approximate surface area is 155 Å². The lowest BCUT2D eigenvalue weighted by molar-refractivity contribution is -0.186. The molecule has 0 amide bonds. The number of hydrogen-bond acceptors (Lipinski definition) is 4. The first-order chi connectivity index (χ1) is 12.5. The van der Waals surface area contributed by atoms with Gasteiger partial charge in [-0.15, -0.1) is 0 Å². The molecule has 1 spiro atoms. The molecule has 5 aliphatic rings. The zero-order valence-electron chi connectivity index (χ0n) is 15.8. The summed E-state index contributed by atoms with van der Waals surface area (Å²) in [7, 11) is 0. The minimum Gasteiger partial charge on any atom is -0.347 e. The summed E-state index contributed by atoms with van der Waals surface area (Å²) in [4.78, 5) is 12.6.